The first-order valence-electron chi connectivity index (χ1n) is 10.2. The zero-order valence-corrected chi connectivity index (χ0v) is 19.2. The number of nitrogens with zero attached hydrogens (tertiary/aromatic N) is 2. The van der Waals surface area contributed by atoms with Gasteiger partial charge in [-0.15, -0.1) is 0 Å². The third kappa shape index (κ3) is 4.65. The number of carbonyl (C=O) groups excluding carboxylic acids is 1. The van der Waals surface area contributed by atoms with Crippen LogP contribution in [-0.2, 0) is 17.9 Å². The third-order valence-electron chi connectivity index (χ3n) is 5.34. The maximum Gasteiger partial charge on any atom is 0.332 e. The smallest absolute Gasteiger partial charge is 0.332 e. The molecule has 1 amide bonds. The van der Waals surface area contributed by atoms with Crippen LogP contribution in [0.1, 0.15) is 25.8 Å². The summed E-state index contributed by atoms with van der Waals surface area (Å²) in [6.45, 7) is 3.55. The molecule has 9 heteroatoms. The number of aromatic nitrogens is 2. The van der Waals surface area contributed by atoms with Crippen molar-refractivity contribution in [1.82, 2.24) is 14.5 Å². The maximum atomic E-state index is 13.4. The molecule has 0 aliphatic carbocycles. The summed E-state index contributed by atoms with van der Waals surface area (Å²) < 4.78 is 13.0. The number of amides is 1. The fraction of sp³-hybridized carbons (Fsp3) is 0.348. The number of rotatable bonds is 8. The van der Waals surface area contributed by atoms with Crippen molar-refractivity contribution >= 4 is 28.4 Å². The normalized spacial score (nSPS) is 11.9. The Kier molecular flexibility index (Phi) is 7.25. The van der Waals surface area contributed by atoms with Crippen LogP contribution in [0.4, 0.5) is 0 Å². The summed E-state index contributed by atoms with van der Waals surface area (Å²) >= 11 is 6.26. The zero-order valence-electron chi connectivity index (χ0n) is 18.5. The quantitative estimate of drug-likeness (QED) is 0.559. The van der Waals surface area contributed by atoms with Crippen LogP contribution in [0.3, 0.4) is 0 Å². The van der Waals surface area contributed by atoms with Crippen LogP contribution in [0.25, 0.3) is 10.9 Å². The molecular formula is C23H26ClN3O5. The van der Waals surface area contributed by atoms with Crippen LogP contribution in [0.2, 0.25) is 5.02 Å². The number of nitrogens with one attached hydrogen (secondary N) is 1. The van der Waals surface area contributed by atoms with E-state index in [1.54, 1.807) is 24.3 Å². The molecule has 0 aliphatic heterocycles. The van der Waals surface area contributed by atoms with E-state index in [2.05, 4.69) is 5.32 Å². The van der Waals surface area contributed by atoms with E-state index >= 15 is 0 Å². The standard InChI is InChI=1S/C23H26ClN3O5/c1-5-14(2)25-21(28)13-26-18-11-20(32-4)19(31-3)10-16(18)22(29)27(23(26)30)12-15-8-6-7-9-17(15)24/h6-11,14H,5,12-13H2,1-4H3,(H,25,28)/t14-/m1/s1. The molecule has 2 aromatic carbocycles. The number of methoxy groups -OCH3 is 2. The lowest BCUT2D eigenvalue weighted by Gasteiger charge is -2.17. The van der Waals surface area contributed by atoms with Gasteiger partial charge < -0.3 is 14.8 Å². The Hall–Kier alpha value is -3.26. The topological polar surface area (TPSA) is 91.6 Å². The molecule has 0 spiro atoms. The minimum absolute atomic E-state index is 0.0331. The van der Waals surface area contributed by atoms with E-state index in [9.17, 15) is 14.4 Å². The highest BCUT2D eigenvalue weighted by molar-refractivity contribution is 6.31. The molecule has 1 heterocycles. The van der Waals surface area contributed by atoms with E-state index in [4.69, 9.17) is 21.1 Å². The lowest BCUT2D eigenvalue weighted by molar-refractivity contribution is -0.122. The number of hydrogen-bond donors (Lipinski definition) is 1. The number of halogens is 1. The lowest BCUT2D eigenvalue weighted by atomic mass is 10.2. The largest absolute Gasteiger partial charge is 0.493 e. The highest BCUT2D eigenvalue weighted by Crippen LogP contribution is 2.30. The SMILES string of the molecule is CC[C@@H](C)NC(=O)Cn1c(=O)n(Cc2ccccc2Cl)c(=O)c2cc(OC)c(OC)cc21. The van der Waals surface area contributed by atoms with Crippen LogP contribution in [0, 0.1) is 0 Å². The van der Waals surface area contributed by atoms with Gasteiger partial charge in [0.15, 0.2) is 11.5 Å². The van der Waals surface area contributed by atoms with Crippen molar-refractivity contribution in [2.24, 2.45) is 0 Å². The van der Waals surface area contributed by atoms with Crippen LogP contribution in [-0.4, -0.2) is 35.3 Å². The van der Waals surface area contributed by atoms with E-state index in [-0.39, 0.29) is 35.9 Å². The molecule has 1 N–H and O–H groups in total. The van der Waals surface area contributed by atoms with Crippen molar-refractivity contribution in [3.05, 3.63) is 67.8 Å². The first-order valence-corrected chi connectivity index (χ1v) is 10.6. The highest BCUT2D eigenvalue weighted by atomic mass is 35.5. The van der Waals surface area contributed by atoms with Gasteiger partial charge in [0.1, 0.15) is 6.54 Å². The van der Waals surface area contributed by atoms with Crippen LogP contribution in [0.5, 0.6) is 11.5 Å². The Morgan fingerprint density at radius 3 is 2.38 bits per heavy atom. The number of fused-ring (bicyclic) bond motifs is 1. The molecule has 8 nitrogen and oxygen atoms in total. The average molecular weight is 460 g/mol. The summed E-state index contributed by atoms with van der Waals surface area (Å²) in [6, 6.07) is 9.98. The minimum atomic E-state index is -0.617. The molecule has 0 unspecified atom stereocenters. The van der Waals surface area contributed by atoms with Crippen molar-refractivity contribution in [3.8, 4) is 11.5 Å². The lowest BCUT2D eigenvalue weighted by Crippen LogP contribution is -2.44. The van der Waals surface area contributed by atoms with E-state index in [1.807, 2.05) is 13.8 Å². The predicted octanol–water partition coefficient (Wildman–Crippen LogP) is 2.80. The van der Waals surface area contributed by atoms with Crippen molar-refractivity contribution in [3.63, 3.8) is 0 Å². The number of hydrogen-bond acceptors (Lipinski definition) is 5. The van der Waals surface area contributed by atoms with Gasteiger partial charge in [-0.1, -0.05) is 36.7 Å². The summed E-state index contributed by atoms with van der Waals surface area (Å²) in [5.41, 5.74) is -0.227. The van der Waals surface area contributed by atoms with Crippen LogP contribution < -0.4 is 26.0 Å². The van der Waals surface area contributed by atoms with Crippen molar-refractivity contribution < 1.29 is 14.3 Å². The second-order valence-corrected chi connectivity index (χ2v) is 7.86. The molecule has 170 valence electrons. The molecule has 1 aromatic heterocycles. The Balaban J connectivity index is 2.25. The Labute approximate surface area is 190 Å². The van der Waals surface area contributed by atoms with Crippen molar-refractivity contribution in [1.29, 1.82) is 0 Å². The van der Waals surface area contributed by atoms with Gasteiger partial charge in [0.2, 0.25) is 5.91 Å². The second-order valence-electron chi connectivity index (χ2n) is 7.45. The predicted molar refractivity (Wildman–Crippen MR) is 124 cm³/mol. The Morgan fingerprint density at radius 2 is 1.75 bits per heavy atom. The summed E-state index contributed by atoms with van der Waals surface area (Å²) in [7, 11) is 2.92. The Morgan fingerprint density at radius 1 is 1.09 bits per heavy atom. The van der Waals surface area contributed by atoms with Crippen molar-refractivity contribution in [2.75, 3.05) is 14.2 Å². The maximum absolute atomic E-state index is 13.4. The molecule has 1 atom stereocenters. The molecular weight excluding hydrogens is 434 g/mol. The van der Waals surface area contributed by atoms with E-state index in [0.29, 0.717) is 22.1 Å². The van der Waals surface area contributed by atoms with Crippen molar-refractivity contribution in [2.45, 2.75) is 39.4 Å². The minimum Gasteiger partial charge on any atom is -0.493 e. The summed E-state index contributed by atoms with van der Waals surface area (Å²) in [5, 5.41) is 3.52. The number of carbonyl (C=O) groups is 1. The number of ether oxygens (including phenoxy) is 2. The van der Waals surface area contributed by atoms with E-state index < -0.39 is 11.2 Å². The number of benzene rings is 2. The molecule has 3 rings (SSSR count). The molecule has 0 bridgehead atoms. The molecule has 3 aromatic rings. The molecule has 0 radical (unpaired) electrons. The van der Waals surface area contributed by atoms with E-state index in [1.165, 1.54) is 30.9 Å². The van der Waals surface area contributed by atoms with Gasteiger partial charge in [0, 0.05) is 17.1 Å². The van der Waals surface area contributed by atoms with Gasteiger partial charge in [-0.05, 0) is 31.0 Å². The molecule has 0 fully saturated rings. The van der Waals surface area contributed by atoms with Crippen LogP contribution >= 0.6 is 11.6 Å². The molecule has 0 aliphatic rings. The van der Waals surface area contributed by atoms with E-state index in [0.717, 1.165) is 11.0 Å². The summed E-state index contributed by atoms with van der Waals surface area (Å²) in [6.07, 6.45) is 0.748. The molecule has 32 heavy (non-hydrogen) atoms. The third-order valence-corrected chi connectivity index (χ3v) is 5.71. The van der Waals surface area contributed by atoms with Crippen LogP contribution in [0.15, 0.2) is 46.0 Å². The highest BCUT2D eigenvalue weighted by Gasteiger charge is 2.19. The average Bonchev–Trinajstić information content (AvgIpc) is 2.79. The van der Waals surface area contributed by atoms with Gasteiger partial charge in [0.25, 0.3) is 5.56 Å². The summed E-state index contributed by atoms with van der Waals surface area (Å²) in [5.74, 6) is 0.356. The van der Waals surface area contributed by atoms with Gasteiger partial charge in [0.05, 0.1) is 31.7 Å². The fourth-order valence-corrected chi connectivity index (χ4v) is 3.59. The first-order chi connectivity index (χ1) is 15.3. The summed E-state index contributed by atoms with van der Waals surface area (Å²) in [4.78, 5) is 39.3. The van der Waals surface area contributed by atoms with Gasteiger partial charge in [-0.3, -0.25) is 18.7 Å². The molecule has 0 saturated carbocycles. The Bertz CT molecular complexity index is 1260. The molecule has 0 saturated heterocycles. The van der Waals surface area contributed by atoms with Gasteiger partial charge in [-0.2, -0.15) is 0 Å². The van der Waals surface area contributed by atoms with Gasteiger partial charge >= 0.3 is 5.69 Å². The fourth-order valence-electron chi connectivity index (χ4n) is 3.40. The monoisotopic (exact) mass is 459 g/mol. The first kappa shape index (κ1) is 23.4. The van der Waals surface area contributed by atoms with Gasteiger partial charge in [-0.25, -0.2) is 4.79 Å². The second kappa shape index (κ2) is 9.91. The zero-order chi connectivity index (χ0) is 23.4.